The fourth-order valence-corrected chi connectivity index (χ4v) is 6.92. The number of primary amides is 1. The third-order valence-corrected chi connectivity index (χ3v) is 8.72. The van der Waals surface area contributed by atoms with Gasteiger partial charge in [-0.1, -0.05) is 6.42 Å². The van der Waals surface area contributed by atoms with Crippen molar-refractivity contribution in [2.24, 2.45) is 17.6 Å². The molecule has 4 unspecified atom stereocenters. The molecular weight excluding hydrogens is 506 g/mol. The minimum Gasteiger partial charge on any atom is -0.510 e. The van der Waals surface area contributed by atoms with Crippen LogP contribution in [-0.4, -0.2) is 98.9 Å². The summed E-state index contributed by atoms with van der Waals surface area (Å²) in [5.74, 6) is -7.31. The van der Waals surface area contributed by atoms with Crippen molar-refractivity contribution in [3.63, 3.8) is 0 Å². The molecule has 0 aromatic heterocycles. The Hall–Kier alpha value is -3.54. The van der Waals surface area contributed by atoms with Crippen LogP contribution >= 0.6 is 0 Å². The number of aliphatic hydroxyl groups is 3. The number of likely N-dealkylation sites (tertiary alicyclic amines) is 1. The van der Waals surface area contributed by atoms with Crippen molar-refractivity contribution in [3.05, 3.63) is 51.5 Å². The fraction of sp³-hybridized carbons (Fsp3) is 0.500. The zero-order valence-electron chi connectivity index (χ0n) is 21.9. The van der Waals surface area contributed by atoms with Crippen LogP contribution in [0, 0.1) is 11.8 Å². The summed E-state index contributed by atoms with van der Waals surface area (Å²) in [6.45, 7) is 1.79. The number of phenolic OH excluding ortho intramolecular Hbond substituents is 1. The Balaban J connectivity index is 1.62. The van der Waals surface area contributed by atoms with E-state index in [0.717, 1.165) is 32.4 Å². The topological polar surface area (TPSA) is 182 Å². The molecular formula is C28H33N3O8. The van der Waals surface area contributed by atoms with Gasteiger partial charge in [0.15, 0.2) is 17.2 Å². The van der Waals surface area contributed by atoms with Crippen LogP contribution in [0.1, 0.15) is 52.0 Å². The Morgan fingerprint density at radius 2 is 1.77 bits per heavy atom. The van der Waals surface area contributed by atoms with Gasteiger partial charge in [0.1, 0.15) is 22.8 Å². The number of rotatable bonds is 5. The molecule has 11 nitrogen and oxygen atoms in total. The van der Waals surface area contributed by atoms with Gasteiger partial charge < -0.3 is 26.2 Å². The summed E-state index contributed by atoms with van der Waals surface area (Å²) >= 11 is 0. The van der Waals surface area contributed by atoms with Crippen LogP contribution in [0.25, 0.3) is 0 Å². The molecule has 1 aliphatic heterocycles. The molecule has 1 aromatic rings. The van der Waals surface area contributed by atoms with Crippen molar-refractivity contribution in [1.29, 1.82) is 0 Å². The van der Waals surface area contributed by atoms with E-state index in [9.17, 15) is 39.6 Å². The van der Waals surface area contributed by atoms with Gasteiger partial charge in [-0.25, -0.2) is 0 Å². The number of amides is 1. The number of piperidine rings is 1. The number of allylic oxidation sites excluding steroid dienone is 1. The van der Waals surface area contributed by atoms with Crippen LogP contribution in [0.3, 0.4) is 0 Å². The zero-order valence-corrected chi connectivity index (χ0v) is 21.9. The molecule has 4 aliphatic rings. The molecule has 1 heterocycles. The average molecular weight is 540 g/mol. The maximum Gasteiger partial charge on any atom is 0.255 e. The molecule has 39 heavy (non-hydrogen) atoms. The number of carbonyl (C=O) groups is 4. The second-order valence-corrected chi connectivity index (χ2v) is 11.2. The quantitative estimate of drug-likeness (QED) is 0.265. The maximum atomic E-state index is 13.8. The van der Waals surface area contributed by atoms with Gasteiger partial charge in [0.05, 0.1) is 18.2 Å². The van der Waals surface area contributed by atoms with Crippen molar-refractivity contribution >= 4 is 23.3 Å². The predicted molar refractivity (Wildman–Crippen MR) is 138 cm³/mol. The number of carbonyl (C=O) groups excluding carboxylic acids is 4. The standard InChI is InChI=1S/C28H33N3O8/c1-30(2)22-16-11-13-10-15-14(18(33)12-31-8-4-3-5-9-31)6-7-17(32)20(15)23(34)19(13)25(36)28(16,39)26(37)21(24(22)35)27(29)38/h6-7,13,16,22,32,35-36,39H,3-5,8-12H2,1-2H3,(H2,29,38). The van der Waals surface area contributed by atoms with Crippen LogP contribution in [0.15, 0.2) is 34.8 Å². The summed E-state index contributed by atoms with van der Waals surface area (Å²) in [5.41, 5.74) is 2.08. The molecule has 6 N–H and O–H groups in total. The number of ketones is 3. The Labute approximate surface area is 225 Å². The Morgan fingerprint density at radius 1 is 1.10 bits per heavy atom. The van der Waals surface area contributed by atoms with Crippen LogP contribution in [0.4, 0.5) is 0 Å². The van der Waals surface area contributed by atoms with Crippen molar-refractivity contribution < 1.29 is 39.6 Å². The highest BCUT2D eigenvalue weighted by Crippen LogP contribution is 2.52. The number of aliphatic hydroxyl groups excluding tert-OH is 2. The highest BCUT2D eigenvalue weighted by Gasteiger charge is 2.63. The van der Waals surface area contributed by atoms with E-state index in [1.54, 1.807) is 14.1 Å². The number of nitrogens with two attached hydrogens (primary N) is 1. The third-order valence-electron chi connectivity index (χ3n) is 8.72. The summed E-state index contributed by atoms with van der Waals surface area (Å²) in [6.07, 6.45) is 3.18. The zero-order chi connectivity index (χ0) is 28.4. The first-order valence-electron chi connectivity index (χ1n) is 13.1. The normalized spacial score (nSPS) is 29.3. The van der Waals surface area contributed by atoms with Crippen LogP contribution in [0.5, 0.6) is 5.75 Å². The van der Waals surface area contributed by atoms with Crippen LogP contribution in [0.2, 0.25) is 0 Å². The Bertz CT molecular complexity index is 1360. The molecule has 1 aromatic carbocycles. The molecule has 11 heteroatoms. The van der Waals surface area contributed by atoms with E-state index >= 15 is 0 Å². The summed E-state index contributed by atoms with van der Waals surface area (Å²) in [7, 11) is 3.14. The third kappa shape index (κ3) is 3.98. The molecule has 0 spiro atoms. The molecule has 0 radical (unpaired) electrons. The number of nitrogens with zero attached hydrogens (tertiary/aromatic N) is 2. The number of fused-ring (bicyclic) bond motifs is 3. The molecule has 0 saturated carbocycles. The van der Waals surface area contributed by atoms with Gasteiger partial charge in [0, 0.05) is 17.1 Å². The first-order valence-corrected chi connectivity index (χ1v) is 13.1. The van der Waals surface area contributed by atoms with Crippen molar-refractivity contribution in [3.8, 4) is 5.75 Å². The van der Waals surface area contributed by atoms with Crippen molar-refractivity contribution in [1.82, 2.24) is 9.80 Å². The monoisotopic (exact) mass is 539 g/mol. The number of hydrogen-bond donors (Lipinski definition) is 5. The largest absolute Gasteiger partial charge is 0.510 e. The Morgan fingerprint density at radius 3 is 2.38 bits per heavy atom. The number of likely N-dealkylation sites (N-methyl/N-ethyl adjacent to an activating group) is 1. The fourth-order valence-electron chi connectivity index (χ4n) is 6.92. The second kappa shape index (κ2) is 9.58. The predicted octanol–water partition coefficient (Wildman–Crippen LogP) is 0.789. The van der Waals surface area contributed by atoms with Gasteiger partial charge in [-0.15, -0.1) is 0 Å². The average Bonchev–Trinajstić information content (AvgIpc) is 2.86. The van der Waals surface area contributed by atoms with E-state index < -0.39 is 58.0 Å². The van der Waals surface area contributed by atoms with E-state index in [1.807, 2.05) is 0 Å². The lowest BCUT2D eigenvalue weighted by Crippen LogP contribution is -2.63. The van der Waals surface area contributed by atoms with Gasteiger partial charge >= 0.3 is 0 Å². The lowest BCUT2D eigenvalue weighted by atomic mass is 9.58. The number of benzene rings is 1. The number of phenols is 1. The SMILES string of the molecule is CN(C)C1C(O)=C(C(N)=O)C(=O)C2(O)C(O)=C3C(=O)c4c(O)ccc(C(=O)CN5CCCCC5)c4CC3CC12. The summed E-state index contributed by atoms with van der Waals surface area (Å²) < 4.78 is 0. The molecule has 3 aliphatic carbocycles. The number of Topliss-reactive ketones (excluding diaryl/α,β-unsaturated/α-hetero) is 3. The minimum atomic E-state index is -2.69. The van der Waals surface area contributed by atoms with E-state index in [-0.39, 0.29) is 42.1 Å². The lowest BCUT2D eigenvalue weighted by molar-refractivity contribution is -0.148. The first kappa shape index (κ1) is 27.0. The van der Waals surface area contributed by atoms with Gasteiger partial charge in [-0.05, 0) is 76.5 Å². The van der Waals surface area contributed by atoms with Crippen molar-refractivity contribution in [2.75, 3.05) is 33.7 Å². The van der Waals surface area contributed by atoms with Gasteiger partial charge in [0.25, 0.3) is 5.91 Å². The van der Waals surface area contributed by atoms with E-state index in [4.69, 9.17) is 5.73 Å². The minimum absolute atomic E-state index is 0.0266. The molecule has 1 fully saturated rings. The van der Waals surface area contributed by atoms with Crippen LogP contribution in [-0.2, 0) is 16.0 Å². The van der Waals surface area contributed by atoms with E-state index in [2.05, 4.69) is 4.90 Å². The van der Waals surface area contributed by atoms with E-state index in [1.165, 1.54) is 17.0 Å². The molecule has 1 saturated heterocycles. The maximum absolute atomic E-state index is 13.8. The molecule has 4 atom stereocenters. The summed E-state index contributed by atoms with van der Waals surface area (Å²) in [6, 6.07) is 1.69. The van der Waals surface area contributed by atoms with Gasteiger partial charge in [-0.2, -0.15) is 0 Å². The van der Waals surface area contributed by atoms with Crippen LogP contribution < -0.4 is 5.73 Å². The first-order chi connectivity index (χ1) is 18.4. The van der Waals surface area contributed by atoms with E-state index in [0.29, 0.717) is 11.1 Å². The summed E-state index contributed by atoms with van der Waals surface area (Å²) in [4.78, 5) is 56.1. The number of hydrogen-bond acceptors (Lipinski definition) is 10. The molecule has 208 valence electrons. The summed E-state index contributed by atoms with van der Waals surface area (Å²) in [5, 5.41) is 44.5. The van der Waals surface area contributed by atoms with Gasteiger partial charge in [-0.3, -0.25) is 29.0 Å². The highest BCUT2D eigenvalue weighted by atomic mass is 16.3. The lowest BCUT2D eigenvalue weighted by Gasteiger charge is -2.50. The smallest absolute Gasteiger partial charge is 0.255 e. The van der Waals surface area contributed by atoms with Crippen molar-refractivity contribution in [2.45, 2.75) is 43.7 Å². The molecule has 0 bridgehead atoms. The highest BCUT2D eigenvalue weighted by molar-refractivity contribution is 6.25. The second-order valence-electron chi connectivity index (χ2n) is 11.2. The molecule has 1 amide bonds. The number of aromatic hydroxyl groups is 1. The Kier molecular flexibility index (Phi) is 6.64. The molecule has 5 rings (SSSR count). The van der Waals surface area contributed by atoms with Gasteiger partial charge in [0.2, 0.25) is 5.78 Å².